The van der Waals surface area contributed by atoms with Gasteiger partial charge in [0.1, 0.15) is 5.82 Å². The number of halogens is 1. The molecule has 0 atom stereocenters. The number of fused-ring (bicyclic) bond motifs is 1. The summed E-state index contributed by atoms with van der Waals surface area (Å²) < 4.78 is 18.9. The molecule has 1 aliphatic heterocycles. The molecule has 0 radical (unpaired) electrons. The second-order valence-electron chi connectivity index (χ2n) is 6.88. The van der Waals surface area contributed by atoms with E-state index >= 15 is 0 Å². The summed E-state index contributed by atoms with van der Waals surface area (Å²) in [5.74, 6) is -0.394. The van der Waals surface area contributed by atoms with Gasteiger partial charge in [0, 0.05) is 31.3 Å². The summed E-state index contributed by atoms with van der Waals surface area (Å²) in [6, 6.07) is 7.69. The third-order valence-corrected chi connectivity index (χ3v) is 4.90. The highest BCUT2D eigenvalue weighted by molar-refractivity contribution is 5.93. The van der Waals surface area contributed by atoms with Gasteiger partial charge in [-0.1, -0.05) is 5.16 Å². The van der Waals surface area contributed by atoms with E-state index < -0.39 is 5.91 Å². The molecule has 0 saturated carbocycles. The Bertz CT molecular complexity index is 1040. The van der Waals surface area contributed by atoms with Crippen LogP contribution in [0.25, 0.3) is 11.0 Å². The largest absolute Gasteiger partial charge is 0.356 e. The second kappa shape index (κ2) is 7.82. The fourth-order valence-electron chi connectivity index (χ4n) is 3.43. The molecule has 0 aliphatic carbocycles. The van der Waals surface area contributed by atoms with Crippen LogP contribution in [0.2, 0.25) is 0 Å². The van der Waals surface area contributed by atoms with Crippen molar-refractivity contribution < 1.29 is 18.5 Å². The van der Waals surface area contributed by atoms with E-state index in [-0.39, 0.29) is 23.3 Å². The number of nitrogens with zero attached hydrogens (tertiary/aromatic N) is 4. The average molecular weight is 398 g/mol. The maximum atomic E-state index is 13.6. The van der Waals surface area contributed by atoms with E-state index in [1.165, 1.54) is 19.1 Å². The van der Waals surface area contributed by atoms with Crippen LogP contribution in [0, 0.1) is 5.82 Å². The van der Waals surface area contributed by atoms with Crippen molar-refractivity contribution in [3.05, 3.63) is 47.5 Å². The van der Waals surface area contributed by atoms with E-state index in [2.05, 4.69) is 31.1 Å². The summed E-state index contributed by atoms with van der Waals surface area (Å²) >= 11 is 0. The van der Waals surface area contributed by atoms with Gasteiger partial charge in [-0.3, -0.25) is 20.4 Å². The molecule has 4 rings (SSSR count). The summed E-state index contributed by atoms with van der Waals surface area (Å²) in [6.07, 6.45) is 1.62. The van der Waals surface area contributed by atoms with Gasteiger partial charge in [-0.2, -0.15) is 0 Å². The minimum atomic E-state index is -0.539. The number of benzene rings is 1. The molecule has 3 aromatic rings. The molecule has 0 bridgehead atoms. The monoisotopic (exact) mass is 398 g/mol. The fraction of sp³-hybridized carbons (Fsp3) is 0.316. The van der Waals surface area contributed by atoms with Gasteiger partial charge in [0.15, 0.2) is 17.1 Å². The van der Waals surface area contributed by atoms with Gasteiger partial charge in [-0.25, -0.2) is 4.39 Å². The molecule has 3 heterocycles. The van der Waals surface area contributed by atoms with Crippen LogP contribution in [0.1, 0.15) is 41.9 Å². The Balaban J connectivity index is 1.40. The van der Waals surface area contributed by atoms with Gasteiger partial charge < -0.3 is 9.42 Å². The first-order valence-electron chi connectivity index (χ1n) is 9.21. The third-order valence-electron chi connectivity index (χ3n) is 4.90. The van der Waals surface area contributed by atoms with Crippen molar-refractivity contribution in [1.29, 1.82) is 0 Å². The molecule has 0 unspecified atom stereocenters. The lowest BCUT2D eigenvalue weighted by molar-refractivity contribution is -0.119. The highest BCUT2D eigenvalue weighted by Gasteiger charge is 2.26. The number of nitrogens with one attached hydrogen (secondary N) is 2. The maximum absolute atomic E-state index is 13.6. The number of rotatable bonds is 3. The SMILES string of the molecule is CC(=O)NNC(=O)c1ccc(N2CCC(c3noc4ccc(F)cc34)CC2)nn1. The zero-order chi connectivity index (χ0) is 20.4. The normalized spacial score (nSPS) is 14.8. The number of amides is 2. The molecule has 0 spiro atoms. The van der Waals surface area contributed by atoms with Gasteiger partial charge in [0.2, 0.25) is 5.91 Å². The first kappa shape index (κ1) is 18.8. The number of piperidine rings is 1. The van der Waals surface area contributed by atoms with Crippen LogP contribution < -0.4 is 15.8 Å². The molecule has 1 aliphatic rings. The summed E-state index contributed by atoms with van der Waals surface area (Å²) in [5, 5.41) is 12.9. The Morgan fingerprint density at radius 1 is 1.14 bits per heavy atom. The molecule has 9 nitrogen and oxygen atoms in total. The molecule has 150 valence electrons. The summed E-state index contributed by atoms with van der Waals surface area (Å²) in [6.45, 7) is 2.73. The molecule has 1 fully saturated rings. The Kier molecular flexibility index (Phi) is 5.07. The third kappa shape index (κ3) is 4.00. The van der Waals surface area contributed by atoms with E-state index in [0.29, 0.717) is 11.4 Å². The number of anilines is 1. The Morgan fingerprint density at radius 3 is 2.62 bits per heavy atom. The van der Waals surface area contributed by atoms with E-state index in [9.17, 15) is 14.0 Å². The molecule has 2 N–H and O–H groups in total. The minimum absolute atomic E-state index is 0.105. The van der Waals surface area contributed by atoms with Gasteiger partial charge in [0.25, 0.3) is 5.91 Å². The van der Waals surface area contributed by atoms with Crippen molar-refractivity contribution in [2.75, 3.05) is 18.0 Å². The van der Waals surface area contributed by atoms with Crippen LogP contribution in [0.15, 0.2) is 34.9 Å². The van der Waals surface area contributed by atoms with Crippen LogP contribution in [0.5, 0.6) is 0 Å². The highest BCUT2D eigenvalue weighted by Crippen LogP contribution is 2.33. The van der Waals surface area contributed by atoms with E-state index in [4.69, 9.17) is 4.52 Å². The predicted octanol–water partition coefficient (Wildman–Crippen LogP) is 1.92. The number of carbonyl (C=O) groups is 2. The van der Waals surface area contributed by atoms with E-state index in [1.807, 2.05) is 0 Å². The molecule has 2 aromatic heterocycles. The minimum Gasteiger partial charge on any atom is -0.356 e. The number of hydrazine groups is 1. The van der Waals surface area contributed by atoms with Gasteiger partial charge in [-0.15, -0.1) is 10.2 Å². The number of hydrogen-bond donors (Lipinski definition) is 2. The Morgan fingerprint density at radius 2 is 1.93 bits per heavy atom. The van der Waals surface area contributed by atoms with E-state index in [0.717, 1.165) is 37.0 Å². The maximum Gasteiger partial charge on any atom is 0.290 e. The van der Waals surface area contributed by atoms with E-state index in [1.54, 1.807) is 18.2 Å². The van der Waals surface area contributed by atoms with Crippen molar-refractivity contribution in [2.24, 2.45) is 0 Å². The molecule has 29 heavy (non-hydrogen) atoms. The topological polar surface area (TPSA) is 113 Å². The molecule has 1 aromatic carbocycles. The molecule has 10 heteroatoms. The van der Waals surface area contributed by atoms with Gasteiger partial charge in [0.05, 0.1) is 5.69 Å². The quantitative estimate of drug-likeness (QED) is 0.648. The lowest BCUT2D eigenvalue weighted by atomic mass is 9.91. The van der Waals surface area contributed by atoms with Crippen molar-refractivity contribution in [2.45, 2.75) is 25.7 Å². The molecular formula is C19H19FN6O3. The summed E-state index contributed by atoms with van der Waals surface area (Å²) in [5.41, 5.74) is 5.92. The van der Waals surface area contributed by atoms with Gasteiger partial charge >= 0.3 is 0 Å². The first-order valence-corrected chi connectivity index (χ1v) is 9.21. The standard InChI is InChI=1S/C19H19FN6O3/c1-11(27)21-24-19(28)15-3-5-17(23-22-15)26-8-6-12(7-9-26)18-14-10-13(20)2-4-16(14)29-25-18/h2-5,10,12H,6-9H2,1H3,(H,21,27)(H,24,28). The van der Waals surface area contributed by atoms with Crippen LogP contribution in [0.4, 0.5) is 10.2 Å². The summed E-state index contributed by atoms with van der Waals surface area (Å²) in [4.78, 5) is 24.8. The lowest BCUT2D eigenvalue weighted by Crippen LogP contribution is -2.40. The number of aromatic nitrogens is 3. The van der Waals surface area contributed by atoms with Crippen molar-refractivity contribution in [1.82, 2.24) is 26.2 Å². The zero-order valence-corrected chi connectivity index (χ0v) is 15.7. The van der Waals surface area contributed by atoms with Gasteiger partial charge in [-0.05, 0) is 43.2 Å². The smallest absolute Gasteiger partial charge is 0.290 e. The number of hydrogen-bond acceptors (Lipinski definition) is 7. The zero-order valence-electron chi connectivity index (χ0n) is 15.7. The molecule has 2 amide bonds. The van der Waals surface area contributed by atoms with Crippen LogP contribution in [0.3, 0.4) is 0 Å². The number of carbonyl (C=O) groups excluding carboxylic acids is 2. The first-order chi connectivity index (χ1) is 14.0. The van der Waals surface area contributed by atoms with Crippen molar-refractivity contribution in [3.8, 4) is 0 Å². The van der Waals surface area contributed by atoms with Crippen molar-refractivity contribution in [3.63, 3.8) is 0 Å². The fourth-order valence-corrected chi connectivity index (χ4v) is 3.43. The van der Waals surface area contributed by atoms with Crippen LogP contribution in [-0.2, 0) is 4.79 Å². The Labute approximate surface area is 165 Å². The van der Waals surface area contributed by atoms with Crippen LogP contribution in [-0.4, -0.2) is 40.3 Å². The Hall–Kier alpha value is -3.56. The predicted molar refractivity (Wildman–Crippen MR) is 101 cm³/mol. The average Bonchev–Trinajstić information content (AvgIpc) is 3.15. The summed E-state index contributed by atoms with van der Waals surface area (Å²) in [7, 11) is 0. The molecular weight excluding hydrogens is 379 g/mol. The van der Waals surface area contributed by atoms with Crippen molar-refractivity contribution >= 4 is 28.6 Å². The second-order valence-corrected chi connectivity index (χ2v) is 6.88. The lowest BCUT2D eigenvalue weighted by Gasteiger charge is -2.31. The highest BCUT2D eigenvalue weighted by atomic mass is 19.1. The molecule has 1 saturated heterocycles. The van der Waals surface area contributed by atoms with Crippen LogP contribution >= 0.6 is 0 Å².